The quantitative estimate of drug-likeness (QED) is 0.620. The Morgan fingerprint density at radius 1 is 1.17 bits per heavy atom. The highest BCUT2D eigenvalue weighted by Gasteiger charge is 2.23. The van der Waals surface area contributed by atoms with Gasteiger partial charge in [0.2, 0.25) is 6.79 Å². The Bertz CT molecular complexity index is 1160. The van der Waals surface area contributed by atoms with Gasteiger partial charge in [-0.2, -0.15) is 0 Å². The number of esters is 1. The summed E-state index contributed by atoms with van der Waals surface area (Å²) < 4.78 is 21.4. The predicted octanol–water partition coefficient (Wildman–Crippen LogP) is 3.31. The first kappa shape index (κ1) is 19.3. The summed E-state index contributed by atoms with van der Waals surface area (Å²) >= 11 is 0. The number of nitrogens with zero attached hydrogens (tertiary/aromatic N) is 1. The Morgan fingerprint density at radius 2 is 1.93 bits per heavy atom. The zero-order valence-electron chi connectivity index (χ0n) is 16.4. The number of benzene rings is 2. The Hall–Kier alpha value is -4.01. The molecule has 2 aromatic carbocycles. The molecule has 0 radical (unpaired) electrons. The number of anilines is 1. The highest BCUT2D eigenvalue weighted by Crippen LogP contribution is 2.39. The number of fused-ring (bicyclic) bond motifs is 2. The van der Waals surface area contributed by atoms with E-state index in [9.17, 15) is 9.59 Å². The van der Waals surface area contributed by atoms with E-state index in [0.29, 0.717) is 45.1 Å². The maximum Gasteiger partial charge on any atom is 0.340 e. The molecule has 0 unspecified atom stereocenters. The third-order valence-corrected chi connectivity index (χ3v) is 4.54. The van der Waals surface area contributed by atoms with Crippen molar-refractivity contribution in [2.45, 2.75) is 6.92 Å². The maximum atomic E-state index is 12.7. The first-order valence-corrected chi connectivity index (χ1v) is 9.16. The fraction of sp³-hybridized carbons (Fsp3) is 0.190. The lowest BCUT2D eigenvalue weighted by Gasteiger charge is -2.15. The lowest BCUT2D eigenvalue weighted by molar-refractivity contribution is 0.0527. The number of urea groups is 1. The van der Waals surface area contributed by atoms with Crippen molar-refractivity contribution in [2.75, 3.05) is 25.8 Å². The van der Waals surface area contributed by atoms with Crippen molar-refractivity contribution < 1.29 is 28.5 Å². The minimum Gasteiger partial charge on any atom is -0.497 e. The summed E-state index contributed by atoms with van der Waals surface area (Å²) in [7, 11) is 1.51. The summed E-state index contributed by atoms with van der Waals surface area (Å²) in [6.45, 7) is 2.03. The molecular weight excluding hydrogens is 390 g/mol. The topological polar surface area (TPSA) is 122 Å². The van der Waals surface area contributed by atoms with E-state index in [2.05, 4.69) is 10.3 Å². The first-order chi connectivity index (χ1) is 14.5. The van der Waals surface area contributed by atoms with Crippen LogP contribution in [0.5, 0.6) is 17.2 Å². The highest BCUT2D eigenvalue weighted by molar-refractivity contribution is 6.04. The molecule has 0 saturated carbocycles. The van der Waals surface area contributed by atoms with Crippen LogP contribution in [0.2, 0.25) is 0 Å². The average Bonchev–Trinajstić information content (AvgIpc) is 3.18. The molecule has 9 nitrogen and oxygen atoms in total. The lowest BCUT2D eigenvalue weighted by Crippen LogP contribution is -2.20. The van der Waals surface area contributed by atoms with Gasteiger partial charge in [-0.1, -0.05) is 0 Å². The summed E-state index contributed by atoms with van der Waals surface area (Å²) in [4.78, 5) is 28.9. The molecule has 1 aromatic heterocycles. The largest absolute Gasteiger partial charge is 0.497 e. The molecule has 0 spiro atoms. The number of rotatable bonds is 5. The molecule has 0 atom stereocenters. The average molecular weight is 409 g/mol. The van der Waals surface area contributed by atoms with E-state index in [1.807, 2.05) is 0 Å². The molecule has 3 N–H and O–H groups in total. The number of methoxy groups -OCH3 is 1. The molecule has 1 aliphatic heterocycles. The van der Waals surface area contributed by atoms with Crippen molar-refractivity contribution in [3.8, 4) is 28.5 Å². The number of hydrogen-bond donors (Lipinski definition) is 2. The molecule has 3 aromatic rings. The minimum absolute atomic E-state index is 0.117. The van der Waals surface area contributed by atoms with Gasteiger partial charge in [-0.25, -0.2) is 14.6 Å². The highest BCUT2D eigenvalue weighted by atomic mass is 16.7. The van der Waals surface area contributed by atoms with Gasteiger partial charge >= 0.3 is 12.0 Å². The summed E-state index contributed by atoms with van der Waals surface area (Å²) in [5.41, 5.74) is 7.26. The SMILES string of the molecule is CCOC(=O)c1cc2cc3c(cc2nc1-c1cc(OC)ccc1NC(N)=O)OCO3. The third-order valence-electron chi connectivity index (χ3n) is 4.54. The van der Waals surface area contributed by atoms with Gasteiger partial charge in [0.1, 0.15) is 5.75 Å². The first-order valence-electron chi connectivity index (χ1n) is 9.16. The van der Waals surface area contributed by atoms with Crippen LogP contribution in [0.25, 0.3) is 22.2 Å². The van der Waals surface area contributed by atoms with Crippen LogP contribution in [0.3, 0.4) is 0 Å². The molecule has 4 rings (SSSR count). The van der Waals surface area contributed by atoms with Gasteiger partial charge in [0, 0.05) is 17.0 Å². The third kappa shape index (κ3) is 3.52. The Kier molecular flexibility index (Phi) is 5.01. The second-order valence-electron chi connectivity index (χ2n) is 6.40. The van der Waals surface area contributed by atoms with Crippen molar-refractivity contribution in [1.82, 2.24) is 4.98 Å². The Balaban J connectivity index is 1.98. The maximum absolute atomic E-state index is 12.7. The molecule has 0 bridgehead atoms. The molecule has 1 aliphatic rings. The van der Waals surface area contributed by atoms with Gasteiger partial charge < -0.3 is 30.0 Å². The van der Waals surface area contributed by atoms with Crippen LogP contribution in [-0.2, 0) is 4.74 Å². The van der Waals surface area contributed by atoms with Gasteiger partial charge in [0.15, 0.2) is 11.5 Å². The number of primary amides is 1. The van der Waals surface area contributed by atoms with Crippen molar-refractivity contribution in [3.63, 3.8) is 0 Å². The number of ether oxygens (including phenoxy) is 4. The van der Waals surface area contributed by atoms with E-state index in [4.69, 9.17) is 24.7 Å². The van der Waals surface area contributed by atoms with E-state index >= 15 is 0 Å². The van der Waals surface area contributed by atoms with Crippen molar-refractivity contribution >= 4 is 28.6 Å². The van der Waals surface area contributed by atoms with Crippen LogP contribution >= 0.6 is 0 Å². The fourth-order valence-corrected chi connectivity index (χ4v) is 3.22. The molecule has 0 saturated heterocycles. The minimum atomic E-state index is -0.747. The molecule has 9 heteroatoms. The van der Waals surface area contributed by atoms with Crippen LogP contribution in [-0.4, -0.2) is 37.5 Å². The van der Waals surface area contributed by atoms with Crippen LogP contribution in [0.4, 0.5) is 10.5 Å². The van der Waals surface area contributed by atoms with Gasteiger partial charge in [0.05, 0.1) is 36.2 Å². The van der Waals surface area contributed by atoms with Crippen LogP contribution in [0.1, 0.15) is 17.3 Å². The van der Waals surface area contributed by atoms with Crippen LogP contribution in [0.15, 0.2) is 36.4 Å². The number of carbonyl (C=O) groups is 2. The van der Waals surface area contributed by atoms with Gasteiger partial charge in [0.25, 0.3) is 0 Å². The normalized spacial score (nSPS) is 11.9. The second-order valence-corrected chi connectivity index (χ2v) is 6.40. The predicted molar refractivity (Wildman–Crippen MR) is 109 cm³/mol. The van der Waals surface area contributed by atoms with Crippen LogP contribution < -0.4 is 25.3 Å². The number of amides is 2. The van der Waals surface area contributed by atoms with E-state index in [0.717, 1.165) is 0 Å². The number of pyridine rings is 1. The molecule has 154 valence electrons. The molecule has 2 amide bonds. The van der Waals surface area contributed by atoms with Crippen molar-refractivity contribution in [2.24, 2.45) is 5.73 Å². The summed E-state index contributed by atoms with van der Waals surface area (Å²) in [6, 6.07) is 9.36. The number of nitrogens with one attached hydrogen (secondary N) is 1. The zero-order valence-corrected chi connectivity index (χ0v) is 16.4. The smallest absolute Gasteiger partial charge is 0.340 e. The van der Waals surface area contributed by atoms with Gasteiger partial charge in [-0.15, -0.1) is 0 Å². The number of carbonyl (C=O) groups excluding carboxylic acids is 2. The van der Waals surface area contributed by atoms with Gasteiger partial charge in [-0.3, -0.25) is 0 Å². The Labute approximate surface area is 171 Å². The molecule has 0 aliphatic carbocycles. The van der Waals surface area contributed by atoms with Crippen LogP contribution in [0, 0.1) is 0 Å². The van der Waals surface area contributed by atoms with E-state index < -0.39 is 12.0 Å². The van der Waals surface area contributed by atoms with E-state index in [1.54, 1.807) is 43.3 Å². The fourth-order valence-electron chi connectivity index (χ4n) is 3.22. The summed E-state index contributed by atoms with van der Waals surface area (Å²) in [6.07, 6.45) is 0. The van der Waals surface area contributed by atoms with Crippen molar-refractivity contribution in [3.05, 3.63) is 42.0 Å². The molecule has 2 heterocycles. The monoisotopic (exact) mass is 409 g/mol. The number of nitrogens with two attached hydrogens (primary N) is 1. The molecular formula is C21H19N3O6. The summed E-state index contributed by atoms with van der Waals surface area (Å²) in [5, 5.41) is 3.24. The number of aromatic nitrogens is 1. The lowest BCUT2D eigenvalue weighted by atomic mass is 10.0. The molecule has 30 heavy (non-hydrogen) atoms. The second kappa shape index (κ2) is 7.78. The zero-order chi connectivity index (χ0) is 21.3. The summed E-state index contributed by atoms with van der Waals surface area (Å²) in [5.74, 6) is 1.10. The number of hydrogen-bond acceptors (Lipinski definition) is 7. The van der Waals surface area contributed by atoms with Crippen molar-refractivity contribution in [1.29, 1.82) is 0 Å². The standard InChI is InChI=1S/C21H19N3O6/c1-3-28-20(25)14-6-11-7-17-18(30-10-29-17)9-16(11)23-19(14)13-8-12(27-2)4-5-15(13)24-21(22)26/h4-9H,3,10H2,1-2H3,(H3,22,24,26). The van der Waals surface area contributed by atoms with E-state index in [1.165, 1.54) is 7.11 Å². The Morgan fingerprint density at radius 3 is 2.63 bits per heavy atom. The van der Waals surface area contributed by atoms with Gasteiger partial charge in [-0.05, 0) is 37.3 Å². The van der Waals surface area contributed by atoms with E-state index in [-0.39, 0.29) is 19.0 Å². The molecule has 0 fully saturated rings.